The zero-order chi connectivity index (χ0) is 19.5. The van der Waals surface area contributed by atoms with Crippen molar-refractivity contribution in [3.05, 3.63) is 90.0 Å². The second-order valence-corrected chi connectivity index (χ2v) is 6.41. The Balaban J connectivity index is 2.00. The first-order valence-corrected chi connectivity index (χ1v) is 8.94. The summed E-state index contributed by atoms with van der Waals surface area (Å²) < 4.78 is 6.89. The molecule has 0 aliphatic rings. The van der Waals surface area contributed by atoms with Gasteiger partial charge >= 0.3 is 5.97 Å². The number of carbonyl (C=O) groups excluding carboxylic acids is 1. The third-order valence-electron chi connectivity index (χ3n) is 4.60. The van der Waals surface area contributed by atoms with Gasteiger partial charge < -0.3 is 4.74 Å². The van der Waals surface area contributed by atoms with E-state index in [1.165, 1.54) is 7.11 Å². The average molecular weight is 369 g/mol. The summed E-state index contributed by atoms with van der Waals surface area (Å²) >= 11 is 0. The summed E-state index contributed by atoms with van der Waals surface area (Å²) in [6.07, 6.45) is 0. The molecule has 5 heteroatoms. The van der Waals surface area contributed by atoms with Crippen LogP contribution in [0.1, 0.15) is 15.9 Å². The number of rotatable bonds is 4. The van der Waals surface area contributed by atoms with Gasteiger partial charge in [-0.1, -0.05) is 66.7 Å². The summed E-state index contributed by atoms with van der Waals surface area (Å²) in [4.78, 5) is 12.1. The van der Waals surface area contributed by atoms with E-state index in [1.807, 2.05) is 84.3 Å². The lowest BCUT2D eigenvalue weighted by atomic mass is 10.1. The summed E-state index contributed by atoms with van der Waals surface area (Å²) in [5, 5.41) is 8.94. The van der Waals surface area contributed by atoms with Crippen LogP contribution in [0.3, 0.4) is 0 Å². The molecule has 5 nitrogen and oxygen atoms in total. The van der Waals surface area contributed by atoms with Crippen molar-refractivity contribution >= 4 is 5.97 Å². The summed E-state index contributed by atoms with van der Waals surface area (Å²) in [6, 6.07) is 25.3. The van der Waals surface area contributed by atoms with Crippen LogP contribution < -0.4 is 0 Å². The molecule has 4 aromatic rings. The van der Waals surface area contributed by atoms with Crippen molar-refractivity contribution in [2.24, 2.45) is 0 Å². The lowest BCUT2D eigenvalue weighted by Crippen LogP contribution is -2.07. The maximum Gasteiger partial charge on any atom is 0.337 e. The van der Waals surface area contributed by atoms with Gasteiger partial charge in [-0.25, -0.2) is 4.79 Å². The molecule has 0 aliphatic heterocycles. The Morgan fingerprint density at radius 2 is 1.36 bits per heavy atom. The highest BCUT2D eigenvalue weighted by Gasteiger charge is 2.19. The van der Waals surface area contributed by atoms with Crippen molar-refractivity contribution in [2.45, 2.75) is 6.92 Å². The van der Waals surface area contributed by atoms with E-state index in [0.29, 0.717) is 17.2 Å². The number of aryl methyl sites for hydroxylation is 1. The molecule has 0 saturated heterocycles. The standard InChI is InChI=1S/C23H19N3O2/c1-16-13-14-19(23(27)28-2)15-20(16)26-21(17-9-5-3-6-10-17)24-25-22(26)18-11-7-4-8-12-18/h3-15H,1-2H3. The third kappa shape index (κ3) is 3.18. The molecular formula is C23H19N3O2. The van der Waals surface area contributed by atoms with Crippen molar-refractivity contribution < 1.29 is 9.53 Å². The highest BCUT2D eigenvalue weighted by atomic mass is 16.5. The van der Waals surface area contributed by atoms with E-state index in [0.717, 1.165) is 22.4 Å². The van der Waals surface area contributed by atoms with Gasteiger partial charge in [0.1, 0.15) is 0 Å². The molecule has 0 bridgehead atoms. The molecule has 3 aromatic carbocycles. The molecular weight excluding hydrogens is 350 g/mol. The van der Waals surface area contributed by atoms with Crippen molar-refractivity contribution in [3.8, 4) is 28.5 Å². The molecule has 138 valence electrons. The molecule has 1 aromatic heterocycles. The molecule has 0 radical (unpaired) electrons. The van der Waals surface area contributed by atoms with Crippen LogP contribution in [0.5, 0.6) is 0 Å². The highest BCUT2D eigenvalue weighted by molar-refractivity contribution is 5.90. The maximum absolute atomic E-state index is 12.1. The van der Waals surface area contributed by atoms with Crippen LogP contribution in [-0.2, 0) is 4.74 Å². The Labute approximate surface area is 163 Å². The molecule has 0 aliphatic carbocycles. The van der Waals surface area contributed by atoms with Crippen molar-refractivity contribution in [2.75, 3.05) is 7.11 Å². The average Bonchev–Trinajstić information content (AvgIpc) is 3.19. The van der Waals surface area contributed by atoms with Gasteiger partial charge in [-0.05, 0) is 24.6 Å². The van der Waals surface area contributed by atoms with E-state index in [4.69, 9.17) is 4.74 Å². The van der Waals surface area contributed by atoms with E-state index in [1.54, 1.807) is 6.07 Å². The quantitative estimate of drug-likeness (QED) is 0.490. The Morgan fingerprint density at radius 3 is 1.86 bits per heavy atom. The van der Waals surface area contributed by atoms with E-state index in [9.17, 15) is 4.79 Å². The lowest BCUT2D eigenvalue weighted by Gasteiger charge is -2.14. The maximum atomic E-state index is 12.1. The first-order valence-electron chi connectivity index (χ1n) is 8.94. The Hall–Kier alpha value is -3.73. The predicted octanol–water partition coefficient (Wildman–Crippen LogP) is 4.70. The van der Waals surface area contributed by atoms with Gasteiger partial charge in [-0.2, -0.15) is 0 Å². The molecule has 4 rings (SSSR count). The molecule has 0 saturated carbocycles. The number of ether oxygens (including phenoxy) is 1. The van der Waals surface area contributed by atoms with Crippen LogP contribution in [0.4, 0.5) is 0 Å². The summed E-state index contributed by atoms with van der Waals surface area (Å²) in [5.41, 5.74) is 4.21. The Morgan fingerprint density at radius 1 is 0.821 bits per heavy atom. The van der Waals surface area contributed by atoms with Gasteiger partial charge in [0.15, 0.2) is 11.6 Å². The van der Waals surface area contributed by atoms with Crippen molar-refractivity contribution in [1.29, 1.82) is 0 Å². The molecule has 0 fully saturated rings. The Bertz CT molecular complexity index is 1060. The van der Waals surface area contributed by atoms with Crippen molar-refractivity contribution in [1.82, 2.24) is 14.8 Å². The second kappa shape index (κ2) is 7.48. The molecule has 0 N–H and O–H groups in total. The Kier molecular flexibility index (Phi) is 4.72. The minimum atomic E-state index is -0.378. The smallest absolute Gasteiger partial charge is 0.337 e. The zero-order valence-corrected chi connectivity index (χ0v) is 15.7. The zero-order valence-electron chi connectivity index (χ0n) is 15.7. The van der Waals surface area contributed by atoms with Crippen molar-refractivity contribution in [3.63, 3.8) is 0 Å². The van der Waals surface area contributed by atoms with Crippen LogP contribution in [0.25, 0.3) is 28.5 Å². The van der Waals surface area contributed by atoms with Gasteiger partial charge in [0.2, 0.25) is 0 Å². The van der Waals surface area contributed by atoms with E-state index >= 15 is 0 Å². The SMILES string of the molecule is COC(=O)c1ccc(C)c(-n2c(-c3ccccc3)nnc2-c2ccccc2)c1. The molecule has 0 unspecified atom stereocenters. The van der Waals surface area contributed by atoms with Gasteiger partial charge in [0.05, 0.1) is 18.4 Å². The number of aromatic nitrogens is 3. The number of benzene rings is 3. The number of nitrogens with zero attached hydrogens (tertiary/aromatic N) is 3. The molecule has 28 heavy (non-hydrogen) atoms. The summed E-state index contributed by atoms with van der Waals surface area (Å²) in [5.74, 6) is 1.05. The lowest BCUT2D eigenvalue weighted by molar-refractivity contribution is 0.0600. The molecule has 1 heterocycles. The van der Waals surface area contributed by atoms with E-state index in [-0.39, 0.29) is 5.97 Å². The van der Waals surface area contributed by atoms with Gasteiger partial charge in [-0.3, -0.25) is 4.57 Å². The van der Waals surface area contributed by atoms with Crippen LogP contribution in [-0.4, -0.2) is 27.8 Å². The summed E-state index contributed by atoms with van der Waals surface area (Å²) in [6.45, 7) is 2.00. The van der Waals surface area contributed by atoms with Crippen LogP contribution in [0, 0.1) is 6.92 Å². The number of methoxy groups -OCH3 is 1. The normalized spacial score (nSPS) is 10.6. The topological polar surface area (TPSA) is 57.0 Å². The van der Waals surface area contributed by atoms with E-state index < -0.39 is 0 Å². The third-order valence-corrected chi connectivity index (χ3v) is 4.60. The van der Waals surface area contributed by atoms with Crippen LogP contribution in [0.2, 0.25) is 0 Å². The molecule has 0 amide bonds. The van der Waals surface area contributed by atoms with E-state index in [2.05, 4.69) is 10.2 Å². The predicted molar refractivity (Wildman–Crippen MR) is 108 cm³/mol. The minimum absolute atomic E-state index is 0.378. The second-order valence-electron chi connectivity index (χ2n) is 6.41. The van der Waals surface area contributed by atoms with Gasteiger partial charge in [0.25, 0.3) is 0 Å². The van der Waals surface area contributed by atoms with Gasteiger partial charge in [-0.15, -0.1) is 10.2 Å². The first-order chi connectivity index (χ1) is 13.7. The largest absolute Gasteiger partial charge is 0.465 e. The fraction of sp³-hybridized carbons (Fsp3) is 0.0870. The molecule has 0 spiro atoms. The van der Waals surface area contributed by atoms with Crippen LogP contribution in [0.15, 0.2) is 78.9 Å². The van der Waals surface area contributed by atoms with Crippen LogP contribution >= 0.6 is 0 Å². The number of hydrogen-bond donors (Lipinski definition) is 0. The molecule has 0 atom stereocenters. The minimum Gasteiger partial charge on any atom is -0.465 e. The monoisotopic (exact) mass is 369 g/mol. The number of hydrogen-bond acceptors (Lipinski definition) is 4. The number of esters is 1. The highest BCUT2D eigenvalue weighted by Crippen LogP contribution is 2.30. The number of carbonyl (C=O) groups is 1. The summed E-state index contributed by atoms with van der Waals surface area (Å²) in [7, 11) is 1.38. The van der Waals surface area contributed by atoms with Gasteiger partial charge in [0, 0.05) is 11.1 Å². The fourth-order valence-electron chi connectivity index (χ4n) is 3.16. The fourth-order valence-corrected chi connectivity index (χ4v) is 3.16. The first kappa shape index (κ1) is 17.7.